The van der Waals surface area contributed by atoms with E-state index in [0.717, 1.165) is 70.6 Å². The number of nitrogens with zero attached hydrogens (tertiary/aromatic N) is 4. The Balaban J connectivity index is 0.00000306. The van der Waals surface area contributed by atoms with Gasteiger partial charge in [0.25, 0.3) is 0 Å². The molecule has 1 N–H and O–H groups in total. The summed E-state index contributed by atoms with van der Waals surface area (Å²) in [5, 5.41) is 3.59. The molecule has 2 saturated heterocycles. The number of ether oxygens (including phenoxy) is 1. The second kappa shape index (κ2) is 12.2. The van der Waals surface area contributed by atoms with E-state index < -0.39 is 0 Å². The summed E-state index contributed by atoms with van der Waals surface area (Å²) in [6.07, 6.45) is 2.25. The van der Waals surface area contributed by atoms with Crippen LogP contribution in [0, 0.1) is 11.8 Å². The van der Waals surface area contributed by atoms with Crippen molar-refractivity contribution in [1.82, 2.24) is 20.0 Å². The predicted molar refractivity (Wildman–Crippen MR) is 144 cm³/mol. The van der Waals surface area contributed by atoms with Crippen LogP contribution in [0.5, 0.6) is 5.75 Å². The van der Waals surface area contributed by atoms with Gasteiger partial charge in [-0.1, -0.05) is 32.0 Å². The summed E-state index contributed by atoms with van der Waals surface area (Å²) >= 11 is 0. The number of benzene rings is 1. The van der Waals surface area contributed by atoms with Crippen LogP contribution in [0.1, 0.15) is 38.2 Å². The molecule has 1 aromatic rings. The minimum absolute atomic E-state index is 0. The third kappa shape index (κ3) is 6.74. The Bertz CT molecular complexity index is 802. The van der Waals surface area contributed by atoms with Crippen molar-refractivity contribution in [3.05, 3.63) is 29.8 Å². The number of nitrogens with one attached hydrogen (secondary N) is 1. The number of guanidine groups is 1. The van der Waals surface area contributed by atoms with Gasteiger partial charge in [0.05, 0.1) is 13.2 Å². The summed E-state index contributed by atoms with van der Waals surface area (Å²) in [5.74, 6) is 3.91. The van der Waals surface area contributed by atoms with Gasteiger partial charge < -0.3 is 19.9 Å². The molecule has 3 aliphatic heterocycles. The van der Waals surface area contributed by atoms with Gasteiger partial charge in [-0.15, -0.1) is 24.0 Å². The molecule has 8 heteroatoms. The van der Waals surface area contributed by atoms with Crippen molar-refractivity contribution >= 4 is 35.8 Å². The first kappa shape index (κ1) is 26.1. The smallest absolute Gasteiger partial charge is 0.236 e. The molecule has 1 aromatic carbocycles. The molecule has 3 heterocycles. The number of rotatable bonds is 4. The van der Waals surface area contributed by atoms with E-state index >= 15 is 0 Å². The molecular formula is C25H40IN5O2. The topological polar surface area (TPSA) is 60.4 Å². The Labute approximate surface area is 215 Å². The van der Waals surface area contributed by atoms with E-state index in [0.29, 0.717) is 24.3 Å². The van der Waals surface area contributed by atoms with E-state index in [9.17, 15) is 4.79 Å². The first-order valence-corrected chi connectivity index (χ1v) is 12.2. The second-order valence-electron chi connectivity index (χ2n) is 9.81. The van der Waals surface area contributed by atoms with E-state index in [2.05, 4.69) is 57.1 Å². The molecule has 33 heavy (non-hydrogen) atoms. The molecule has 4 rings (SSSR count). The summed E-state index contributed by atoms with van der Waals surface area (Å²) in [6, 6.07) is 8.34. The lowest BCUT2D eigenvalue weighted by Crippen LogP contribution is -2.55. The second-order valence-corrected chi connectivity index (χ2v) is 9.81. The highest BCUT2D eigenvalue weighted by Crippen LogP contribution is 2.32. The molecule has 0 aliphatic carbocycles. The van der Waals surface area contributed by atoms with Gasteiger partial charge in [-0.3, -0.25) is 14.7 Å². The average Bonchev–Trinajstić information content (AvgIpc) is 2.80. The largest absolute Gasteiger partial charge is 0.493 e. The summed E-state index contributed by atoms with van der Waals surface area (Å²) in [5.41, 5.74) is 1.28. The number of carbonyl (C=O) groups is 1. The zero-order valence-corrected chi connectivity index (χ0v) is 22.7. The van der Waals surface area contributed by atoms with Gasteiger partial charge in [0.1, 0.15) is 5.75 Å². The lowest BCUT2D eigenvalue weighted by Gasteiger charge is -2.39. The molecule has 2 fully saturated rings. The number of hydrogen-bond donors (Lipinski definition) is 1. The number of aliphatic imine (C=N–C) groups is 1. The number of carbonyl (C=O) groups excluding carboxylic acids is 1. The van der Waals surface area contributed by atoms with Gasteiger partial charge in [0, 0.05) is 58.8 Å². The third-order valence-corrected chi connectivity index (χ3v) is 7.05. The van der Waals surface area contributed by atoms with Gasteiger partial charge >= 0.3 is 0 Å². The van der Waals surface area contributed by atoms with E-state index in [1.165, 1.54) is 12.0 Å². The Hall–Kier alpha value is -1.55. The molecule has 3 atom stereocenters. The van der Waals surface area contributed by atoms with Gasteiger partial charge in [0.2, 0.25) is 5.91 Å². The van der Waals surface area contributed by atoms with Crippen LogP contribution in [-0.4, -0.2) is 92.6 Å². The fourth-order valence-electron chi connectivity index (χ4n) is 5.45. The third-order valence-electron chi connectivity index (χ3n) is 7.05. The number of likely N-dealkylation sites (tertiary alicyclic amines) is 1. The molecule has 0 aromatic heterocycles. The van der Waals surface area contributed by atoms with E-state index in [-0.39, 0.29) is 29.9 Å². The standard InChI is InChI=1S/C25H39N5O2.HI/c1-19-14-20(2)17-30(16-19)24(31)18-28-9-11-29(12-10-28)25(26-3)27-15-21-8-13-32-23-7-5-4-6-22(21)23;/h4-7,19-21H,8-18H2,1-3H3,(H,26,27);1H. The first-order chi connectivity index (χ1) is 15.5. The fourth-order valence-corrected chi connectivity index (χ4v) is 5.45. The molecule has 0 spiro atoms. The van der Waals surface area contributed by atoms with Crippen molar-refractivity contribution in [2.45, 2.75) is 32.6 Å². The molecule has 0 radical (unpaired) electrons. The first-order valence-electron chi connectivity index (χ1n) is 12.2. The van der Waals surface area contributed by atoms with Crippen molar-refractivity contribution in [2.24, 2.45) is 16.8 Å². The van der Waals surface area contributed by atoms with Crippen LogP contribution in [0.2, 0.25) is 0 Å². The van der Waals surface area contributed by atoms with Crippen molar-refractivity contribution in [2.75, 3.05) is 66.0 Å². The fraction of sp³-hybridized carbons (Fsp3) is 0.680. The molecule has 7 nitrogen and oxygen atoms in total. The maximum atomic E-state index is 12.8. The normalized spacial score (nSPS) is 26.2. The maximum absolute atomic E-state index is 12.8. The molecule has 3 aliphatic rings. The lowest BCUT2D eigenvalue weighted by atomic mass is 9.92. The summed E-state index contributed by atoms with van der Waals surface area (Å²) in [4.78, 5) is 24.1. The van der Waals surface area contributed by atoms with Crippen LogP contribution < -0.4 is 10.1 Å². The molecule has 0 bridgehead atoms. The van der Waals surface area contributed by atoms with Gasteiger partial charge in [-0.05, 0) is 36.3 Å². The Kier molecular flexibility index (Phi) is 9.67. The number of amides is 1. The number of piperazine rings is 1. The maximum Gasteiger partial charge on any atom is 0.236 e. The molecule has 184 valence electrons. The van der Waals surface area contributed by atoms with Crippen LogP contribution in [-0.2, 0) is 4.79 Å². The minimum Gasteiger partial charge on any atom is -0.493 e. The lowest BCUT2D eigenvalue weighted by molar-refractivity contribution is -0.135. The molecule has 1 amide bonds. The van der Waals surface area contributed by atoms with Crippen LogP contribution in [0.3, 0.4) is 0 Å². The highest BCUT2D eigenvalue weighted by molar-refractivity contribution is 14.0. The summed E-state index contributed by atoms with van der Waals surface area (Å²) < 4.78 is 5.80. The van der Waals surface area contributed by atoms with E-state index in [1.807, 2.05) is 13.1 Å². The molecule has 3 unspecified atom stereocenters. The number of para-hydroxylation sites is 1. The number of fused-ring (bicyclic) bond motifs is 1. The molecular weight excluding hydrogens is 529 g/mol. The highest BCUT2D eigenvalue weighted by atomic mass is 127. The van der Waals surface area contributed by atoms with Crippen LogP contribution in [0.4, 0.5) is 0 Å². The Morgan fingerprint density at radius 2 is 1.79 bits per heavy atom. The highest BCUT2D eigenvalue weighted by Gasteiger charge is 2.28. The predicted octanol–water partition coefficient (Wildman–Crippen LogP) is 2.87. The quantitative estimate of drug-likeness (QED) is 0.344. The monoisotopic (exact) mass is 569 g/mol. The van der Waals surface area contributed by atoms with Crippen LogP contribution in [0.25, 0.3) is 0 Å². The van der Waals surface area contributed by atoms with Crippen molar-refractivity contribution < 1.29 is 9.53 Å². The summed E-state index contributed by atoms with van der Waals surface area (Å²) in [6.45, 7) is 12.1. The van der Waals surface area contributed by atoms with Crippen LogP contribution in [0.15, 0.2) is 29.3 Å². The molecule has 0 saturated carbocycles. The van der Waals surface area contributed by atoms with Gasteiger partial charge in [-0.25, -0.2) is 0 Å². The summed E-state index contributed by atoms with van der Waals surface area (Å²) in [7, 11) is 1.86. The Morgan fingerprint density at radius 1 is 1.09 bits per heavy atom. The van der Waals surface area contributed by atoms with E-state index in [1.54, 1.807) is 0 Å². The number of piperidine rings is 1. The zero-order chi connectivity index (χ0) is 22.5. The number of halogens is 1. The van der Waals surface area contributed by atoms with Crippen molar-refractivity contribution in [3.63, 3.8) is 0 Å². The minimum atomic E-state index is 0. The van der Waals surface area contributed by atoms with Crippen molar-refractivity contribution in [1.29, 1.82) is 0 Å². The van der Waals surface area contributed by atoms with E-state index in [4.69, 9.17) is 4.74 Å². The van der Waals surface area contributed by atoms with Crippen LogP contribution >= 0.6 is 24.0 Å². The van der Waals surface area contributed by atoms with Gasteiger partial charge in [0.15, 0.2) is 5.96 Å². The van der Waals surface area contributed by atoms with Gasteiger partial charge in [-0.2, -0.15) is 0 Å². The zero-order valence-electron chi connectivity index (χ0n) is 20.3. The SMILES string of the molecule is CN=C(NCC1CCOc2ccccc21)N1CCN(CC(=O)N2CC(C)CC(C)C2)CC1.I. The number of hydrogen-bond acceptors (Lipinski definition) is 4. The Morgan fingerprint density at radius 3 is 2.48 bits per heavy atom. The average molecular weight is 570 g/mol. The van der Waals surface area contributed by atoms with Crippen molar-refractivity contribution in [3.8, 4) is 5.75 Å².